The molecule has 0 fully saturated rings. The Morgan fingerprint density at radius 3 is 2.44 bits per heavy atom. The number of nitrogens with zero attached hydrogens (tertiary/aromatic N) is 2. The number of ketones is 1. The van der Waals surface area contributed by atoms with Crippen LogP contribution >= 0.6 is 11.3 Å². The first kappa shape index (κ1) is 24.3. The number of aliphatic hydroxyl groups is 1. The molecule has 2 aromatic heterocycles. The Bertz CT molecular complexity index is 1860. The van der Waals surface area contributed by atoms with Gasteiger partial charge in [-0.3, -0.25) is 4.79 Å². The lowest BCUT2D eigenvalue weighted by atomic mass is 9.88. The molecule has 6 nitrogen and oxygen atoms in total. The molecular weight excluding hydrogens is 504 g/mol. The number of hydrogen-bond donors (Lipinski definition) is 3. The van der Waals surface area contributed by atoms with E-state index in [0.29, 0.717) is 21.8 Å². The van der Waals surface area contributed by atoms with Gasteiger partial charge in [0.1, 0.15) is 11.1 Å². The number of nitrogen functional groups attached to an aromatic ring is 1. The Balaban J connectivity index is 1.43. The molecule has 7 heteroatoms. The minimum Gasteiger partial charge on any atom is -0.380 e. The second kappa shape index (κ2) is 10.4. The van der Waals surface area contributed by atoms with Crippen LogP contribution in [-0.2, 0) is 0 Å². The highest BCUT2D eigenvalue weighted by Crippen LogP contribution is 2.34. The van der Waals surface area contributed by atoms with Gasteiger partial charge in [-0.2, -0.15) is 0 Å². The normalized spacial score (nSPS) is 11.6. The van der Waals surface area contributed by atoms with E-state index in [1.54, 1.807) is 30.3 Å². The molecule has 0 spiro atoms. The zero-order valence-corrected chi connectivity index (χ0v) is 21.4. The summed E-state index contributed by atoms with van der Waals surface area (Å²) in [5.74, 6) is 6.15. The summed E-state index contributed by atoms with van der Waals surface area (Å²) >= 11 is 1.33. The molecule has 0 aliphatic heterocycles. The number of hydrogen-bond acceptors (Lipinski definition) is 6. The van der Waals surface area contributed by atoms with Gasteiger partial charge in [0.15, 0.2) is 5.78 Å². The van der Waals surface area contributed by atoms with Gasteiger partial charge < -0.3 is 15.8 Å². The molecule has 4 aromatic carbocycles. The number of aliphatic hydroxyl groups excluding tert-OH is 1. The van der Waals surface area contributed by atoms with Gasteiger partial charge in [-0.05, 0) is 46.8 Å². The van der Waals surface area contributed by atoms with Crippen molar-refractivity contribution in [3.63, 3.8) is 0 Å². The molecule has 6 aromatic rings. The third kappa shape index (κ3) is 4.94. The number of nitrogens with one attached hydrogen (secondary N) is 1. The van der Waals surface area contributed by atoms with Crippen LogP contribution in [0.15, 0.2) is 103 Å². The van der Waals surface area contributed by atoms with Crippen LogP contribution in [0.2, 0.25) is 0 Å². The summed E-state index contributed by atoms with van der Waals surface area (Å²) in [5.41, 5.74) is 11.6. The number of benzene rings is 4. The van der Waals surface area contributed by atoms with Crippen LogP contribution in [0, 0.1) is 11.8 Å². The molecule has 0 saturated heterocycles. The molecule has 4 N–H and O–H groups in total. The average molecular weight is 527 g/mol. The molecule has 6 rings (SSSR count). The molecule has 0 bridgehead atoms. The average Bonchev–Trinajstić information content (AvgIpc) is 3.64. The summed E-state index contributed by atoms with van der Waals surface area (Å²) in [7, 11) is 0. The van der Waals surface area contributed by atoms with Gasteiger partial charge >= 0.3 is 0 Å². The molecule has 1 unspecified atom stereocenters. The lowest BCUT2D eigenvalue weighted by Crippen LogP contribution is -2.14. The maximum absolute atomic E-state index is 13.2. The third-order valence-corrected chi connectivity index (χ3v) is 7.26. The predicted molar refractivity (Wildman–Crippen MR) is 155 cm³/mol. The van der Waals surface area contributed by atoms with Crippen molar-refractivity contribution in [1.29, 1.82) is 0 Å². The maximum Gasteiger partial charge on any atom is 0.203 e. The lowest BCUT2D eigenvalue weighted by molar-refractivity contribution is 0.0748. The Kier molecular flexibility index (Phi) is 6.47. The Labute approximate surface area is 228 Å². The fourth-order valence-electron chi connectivity index (χ4n) is 4.52. The standard InChI is InChI=1S/C32H22N4O2S/c33-32-36-35-31(39-32)24-13-10-20(11-14-24)9-12-22-7-4-8-26(30(38)29(37)23-5-2-1-3-6-23)28(22)25-16-15-21-17-18-34-27(21)19-25/h1-8,10-11,13-19,30,34,38H,(H2,33,36). The summed E-state index contributed by atoms with van der Waals surface area (Å²) in [4.78, 5) is 16.5. The largest absolute Gasteiger partial charge is 0.380 e. The van der Waals surface area contributed by atoms with E-state index in [9.17, 15) is 9.90 Å². The quantitative estimate of drug-likeness (QED) is 0.182. The van der Waals surface area contributed by atoms with E-state index in [1.165, 1.54) is 11.3 Å². The molecule has 2 heterocycles. The zero-order chi connectivity index (χ0) is 26.8. The van der Waals surface area contributed by atoms with Crippen molar-refractivity contribution in [3.05, 3.63) is 126 Å². The van der Waals surface area contributed by atoms with Gasteiger partial charge in [-0.1, -0.05) is 89.9 Å². The van der Waals surface area contributed by atoms with Crippen LogP contribution in [0.1, 0.15) is 33.2 Å². The fourth-order valence-corrected chi connectivity index (χ4v) is 5.13. The van der Waals surface area contributed by atoms with Gasteiger partial charge in [0.05, 0.1) is 0 Å². The number of aromatic nitrogens is 3. The van der Waals surface area contributed by atoms with E-state index < -0.39 is 6.10 Å². The molecule has 0 amide bonds. The van der Waals surface area contributed by atoms with Crippen molar-refractivity contribution in [2.45, 2.75) is 6.10 Å². The number of fused-ring (bicyclic) bond motifs is 1. The smallest absolute Gasteiger partial charge is 0.203 e. The van der Waals surface area contributed by atoms with Crippen LogP contribution in [0.3, 0.4) is 0 Å². The first-order valence-electron chi connectivity index (χ1n) is 12.3. The number of anilines is 1. The number of rotatable bonds is 5. The third-order valence-electron chi connectivity index (χ3n) is 6.46. The first-order valence-corrected chi connectivity index (χ1v) is 13.1. The van der Waals surface area contributed by atoms with Gasteiger partial charge in [-0.25, -0.2) is 0 Å². The molecular formula is C32H22N4O2S. The SMILES string of the molecule is Nc1nnc(-c2ccc(C#Cc3cccc(C(O)C(=O)c4ccccc4)c3-c3ccc4cc[nH]c4c3)cc2)s1. The number of Topliss-reactive ketones (excluding diaryl/α,β-unsaturated/α-hetero) is 1. The van der Waals surface area contributed by atoms with Crippen molar-refractivity contribution < 1.29 is 9.90 Å². The summed E-state index contributed by atoms with van der Waals surface area (Å²) in [6.07, 6.45) is 0.538. The molecule has 0 radical (unpaired) electrons. The second-order valence-corrected chi connectivity index (χ2v) is 9.96. The topological polar surface area (TPSA) is 105 Å². The highest BCUT2D eigenvalue weighted by molar-refractivity contribution is 7.18. The van der Waals surface area contributed by atoms with Crippen LogP contribution in [0.5, 0.6) is 0 Å². The van der Waals surface area contributed by atoms with Crippen LogP contribution < -0.4 is 5.73 Å². The Morgan fingerprint density at radius 2 is 1.67 bits per heavy atom. The van der Waals surface area contributed by atoms with Crippen molar-refractivity contribution in [2.24, 2.45) is 0 Å². The molecule has 1 atom stereocenters. The van der Waals surface area contributed by atoms with Crippen LogP contribution in [0.4, 0.5) is 5.13 Å². The Hall–Kier alpha value is -5.03. The van der Waals surface area contributed by atoms with Gasteiger partial charge in [0.2, 0.25) is 5.13 Å². The fraction of sp³-hybridized carbons (Fsp3) is 0.0312. The molecule has 188 valence electrons. The van der Waals surface area contributed by atoms with Crippen molar-refractivity contribution in [3.8, 4) is 33.5 Å². The minimum absolute atomic E-state index is 0.365. The number of aromatic amines is 1. The second-order valence-electron chi connectivity index (χ2n) is 8.96. The molecule has 0 saturated carbocycles. The molecule has 0 aliphatic rings. The Morgan fingerprint density at radius 1 is 0.872 bits per heavy atom. The molecule has 0 aliphatic carbocycles. The number of nitrogens with two attached hydrogens (primary N) is 1. The van der Waals surface area contributed by atoms with E-state index >= 15 is 0 Å². The summed E-state index contributed by atoms with van der Waals surface area (Å²) in [5, 5.41) is 21.5. The summed E-state index contributed by atoms with van der Waals surface area (Å²) in [6.45, 7) is 0. The van der Waals surface area contributed by atoms with Gasteiger partial charge in [0, 0.05) is 39.5 Å². The molecule has 39 heavy (non-hydrogen) atoms. The first-order chi connectivity index (χ1) is 19.1. The number of carbonyl (C=O) groups excluding carboxylic acids is 1. The van der Waals surface area contributed by atoms with Crippen molar-refractivity contribution >= 4 is 33.2 Å². The predicted octanol–water partition coefficient (Wildman–Crippen LogP) is 6.25. The monoisotopic (exact) mass is 526 g/mol. The highest BCUT2D eigenvalue weighted by atomic mass is 32.1. The summed E-state index contributed by atoms with van der Waals surface area (Å²) in [6, 6.07) is 30.1. The highest BCUT2D eigenvalue weighted by Gasteiger charge is 2.24. The number of carbonyl (C=O) groups is 1. The van der Waals surface area contributed by atoms with Crippen molar-refractivity contribution in [1.82, 2.24) is 15.2 Å². The number of H-pyrrole nitrogens is 1. The minimum atomic E-state index is -1.35. The maximum atomic E-state index is 13.2. The van der Waals surface area contributed by atoms with Crippen LogP contribution in [-0.4, -0.2) is 26.1 Å². The summed E-state index contributed by atoms with van der Waals surface area (Å²) < 4.78 is 0. The van der Waals surface area contributed by atoms with E-state index in [-0.39, 0.29) is 5.78 Å². The van der Waals surface area contributed by atoms with E-state index in [0.717, 1.165) is 38.2 Å². The lowest BCUT2D eigenvalue weighted by Gasteiger charge is -2.17. The van der Waals surface area contributed by atoms with E-state index in [4.69, 9.17) is 5.73 Å². The zero-order valence-electron chi connectivity index (χ0n) is 20.6. The van der Waals surface area contributed by atoms with Crippen LogP contribution in [0.25, 0.3) is 32.6 Å². The van der Waals surface area contributed by atoms with Crippen molar-refractivity contribution in [2.75, 3.05) is 5.73 Å². The van der Waals surface area contributed by atoms with Gasteiger partial charge in [-0.15, -0.1) is 10.2 Å². The van der Waals surface area contributed by atoms with E-state index in [1.807, 2.05) is 72.9 Å². The van der Waals surface area contributed by atoms with E-state index in [2.05, 4.69) is 27.0 Å². The van der Waals surface area contributed by atoms with Gasteiger partial charge in [0.25, 0.3) is 0 Å².